The highest BCUT2D eigenvalue weighted by atomic mass is 16.5. The second kappa shape index (κ2) is 44.0. The smallest absolute Gasteiger partial charge is 0.305 e. The van der Waals surface area contributed by atoms with Gasteiger partial charge < -0.3 is 4.74 Å². The Morgan fingerprint density at radius 1 is 0.333 bits per heavy atom. The number of rotatable bonds is 41. The lowest BCUT2D eigenvalue weighted by Crippen LogP contribution is -2.05. The Hall–Kier alpha value is -1.05. The number of allylic oxidation sites excluding steroid dienone is 4. The average molecular weight is 673 g/mol. The third-order valence-corrected chi connectivity index (χ3v) is 10.1. The Balaban J connectivity index is 3.22. The highest BCUT2D eigenvalue weighted by Crippen LogP contribution is 2.15. The maximum Gasteiger partial charge on any atom is 0.305 e. The number of esters is 1. The molecule has 0 atom stereocenters. The SMILES string of the molecule is CCCCCCCCCCCCC=CCCCCCCCCCOC(=O)CCCCCCCCC=CCCCCCCCCCCCC. The maximum absolute atomic E-state index is 12.0. The molecule has 0 aliphatic carbocycles. The predicted molar refractivity (Wildman–Crippen MR) is 216 cm³/mol. The summed E-state index contributed by atoms with van der Waals surface area (Å²) in [6.45, 7) is 5.21. The van der Waals surface area contributed by atoms with Gasteiger partial charge in [0.1, 0.15) is 0 Å². The lowest BCUT2D eigenvalue weighted by atomic mass is 10.1. The summed E-state index contributed by atoms with van der Waals surface area (Å²) in [5, 5.41) is 0. The summed E-state index contributed by atoms with van der Waals surface area (Å²) in [5.41, 5.74) is 0. The van der Waals surface area contributed by atoms with Gasteiger partial charge in [-0.25, -0.2) is 0 Å². The van der Waals surface area contributed by atoms with Crippen LogP contribution in [0.25, 0.3) is 0 Å². The quantitative estimate of drug-likeness (QED) is 0.0367. The summed E-state index contributed by atoms with van der Waals surface area (Å²) in [6, 6.07) is 0. The summed E-state index contributed by atoms with van der Waals surface area (Å²) >= 11 is 0. The predicted octanol–water partition coefficient (Wildman–Crippen LogP) is 16.5. The normalized spacial score (nSPS) is 11.8. The van der Waals surface area contributed by atoms with Crippen molar-refractivity contribution in [3.63, 3.8) is 0 Å². The van der Waals surface area contributed by atoms with Crippen molar-refractivity contribution >= 4 is 5.97 Å². The van der Waals surface area contributed by atoms with Crippen molar-refractivity contribution in [2.75, 3.05) is 6.61 Å². The van der Waals surface area contributed by atoms with Crippen LogP contribution < -0.4 is 0 Å². The summed E-state index contributed by atoms with van der Waals surface area (Å²) < 4.78 is 5.47. The van der Waals surface area contributed by atoms with Crippen LogP contribution in [-0.2, 0) is 9.53 Å². The van der Waals surface area contributed by atoms with Crippen LogP contribution >= 0.6 is 0 Å². The molecule has 0 heterocycles. The monoisotopic (exact) mass is 673 g/mol. The molecule has 0 unspecified atom stereocenters. The summed E-state index contributed by atoms with van der Waals surface area (Å²) in [7, 11) is 0. The van der Waals surface area contributed by atoms with Crippen LogP contribution in [-0.4, -0.2) is 12.6 Å². The molecule has 2 nitrogen and oxygen atoms in total. The van der Waals surface area contributed by atoms with Crippen LogP contribution in [0.5, 0.6) is 0 Å². The van der Waals surface area contributed by atoms with Gasteiger partial charge in [0.2, 0.25) is 0 Å². The largest absolute Gasteiger partial charge is 0.466 e. The molecule has 48 heavy (non-hydrogen) atoms. The first-order valence-corrected chi connectivity index (χ1v) is 22.3. The molecule has 0 aromatic carbocycles. The summed E-state index contributed by atoms with van der Waals surface area (Å²) in [4.78, 5) is 12.0. The van der Waals surface area contributed by atoms with Gasteiger partial charge in [-0.3, -0.25) is 4.79 Å². The van der Waals surface area contributed by atoms with E-state index in [1.54, 1.807) is 0 Å². The Bertz CT molecular complexity index is 650. The molecular formula is C46H88O2. The molecule has 284 valence electrons. The second-order valence-electron chi connectivity index (χ2n) is 15.0. The van der Waals surface area contributed by atoms with Crippen molar-refractivity contribution in [2.45, 2.75) is 258 Å². The van der Waals surface area contributed by atoms with Crippen molar-refractivity contribution in [2.24, 2.45) is 0 Å². The van der Waals surface area contributed by atoms with Gasteiger partial charge >= 0.3 is 5.97 Å². The average Bonchev–Trinajstić information content (AvgIpc) is 3.09. The standard InChI is InChI=1S/C46H88O2/c1-3-5-7-9-11-13-15-17-19-21-23-25-27-29-31-33-35-37-39-41-43-45-48-46(47)44-42-40-38-36-34-32-30-28-26-24-22-20-18-16-14-12-10-8-6-4-2/h25-28H,3-24,29-45H2,1-2H3. The van der Waals surface area contributed by atoms with E-state index in [1.165, 1.54) is 225 Å². The molecule has 0 aliphatic rings. The molecule has 0 rings (SSSR count). The van der Waals surface area contributed by atoms with Crippen LogP contribution in [0.15, 0.2) is 24.3 Å². The zero-order valence-electron chi connectivity index (χ0n) is 33.2. The van der Waals surface area contributed by atoms with E-state index in [9.17, 15) is 4.79 Å². The molecule has 0 N–H and O–H groups in total. The van der Waals surface area contributed by atoms with E-state index in [4.69, 9.17) is 4.74 Å². The van der Waals surface area contributed by atoms with Crippen molar-refractivity contribution in [1.82, 2.24) is 0 Å². The van der Waals surface area contributed by atoms with E-state index in [1.807, 2.05) is 0 Å². The number of unbranched alkanes of at least 4 members (excludes halogenated alkanes) is 33. The first-order chi connectivity index (χ1) is 23.8. The van der Waals surface area contributed by atoms with Crippen molar-refractivity contribution < 1.29 is 9.53 Å². The first-order valence-electron chi connectivity index (χ1n) is 22.3. The van der Waals surface area contributed by atoms with Gasteiger partial charge in [-0.05, 0) is 64.2 Å². The highest BCUT2D eigenvalue weighted by molar-refractivity contribution is 5.69. The minimum Gasteiger partial charge on any atom is -0.466 e. The summed E-state index contributed by atoms with van der Waals surface area (Å²) in [6.07, 6.45) is 60.0. The van der Waals surface area contributed by atoms with Crippen LogP contribution in [0.4, 0.5) is 0 Å². The van der Waals surface area contributed by atoms with Crippen molar-refractivity contribution in [3.8, 4) is 0 Å². The van der Waals surface area contributed by atoms with Crippen molar-refractivity contribution in [1.29, 1.82) is 0 Å². The zero-order chi connectivity index (χ0) is 34.7. The van der Waals surface area contributed by atoms with Crippen LogP contribution in [0.1, 0.15) is 258 Å². The molecule has 0 aromatic heterocycles. The van der Waals surface area contributed by atoms with Crippen LogP contribution in [0, 0.1) is 0 Å². The number of hydrogen-bond donors (Lipinski definition) is 0. The number of ether oxygens (including phenoxy) is 1. The van der Waals surface area contributed by atoms with E-state index < -0.39 is 0 Å². The molecule has 0 saturated carbocycles. The van der Waals surface area contributed by atoms with E-state index in [-0.39, 0.29) is 5.97 Å². The summed E-state index contributed by atoms with van der Waals surface area (Å²) in [5.74, 6) is 0.0174. The van der Waals surface area contributed by atoms with E-state index in [2.05, 4.69) is 38.2 Å². The molecule has 0 aliphatic heterocycles. The molecule has 0 bridgehead atoms. The van der Waals surface area contributed by atoms with Gasteiger partial charge in [-0.15, -0.1) is 0 Å². The van der Waals surface area contributed by atoms with Gasteiger partial charge in [0.15, 0.2) is 0 Å². The molecule has 0 radical (unpaired) electrons. The van der Waals surface area contributed by atoms with Crippen molar-refractivity contribution in [3.05, 3.63) is 24.3 Å². The number of carbonyl (C=O) groups is 1. The fraction of sp³-hybridized carbons (Fsp3) is 0.891. The molecule has 0 fully saturated rings. The molecule has 0 amide bonds. The lowest BCUT2D eigenvalue weighted by molar-refractivity contribution is -0.143. The highest BCUT2D eigenvalue weighted by Gasteiger charge is 2.02. The molecule has 0 aromatic rings. The van der Waals surface area contributed by atoms with Gasteiger partial charge in [0.25, 0.3) is 0 Å². The maximum atomic E-state index is 12.0. The van der Waals surface area contributed by atoms with Gasteiger partial charge in [-0.2, -0.15) is 0 Å². The van der Waals surface area contributed by atoms with Crippen LogP contribution in [0.3, 0.4) is 0 Å². The van der Waals surface area contributed by atoms with E-state index in [0.717, 1.165) is 12.8 Å². The second-order valence-corrected chi connectivity index (χ2v) is 15.0. The van der Waals surface area contributed by atoms with Crippen LogP contribution in [0.2, 0.25) is 0 Å². The lowest BCUT2D eigenvalue weighted by Gasteiger charge is -2.05. The molecule has 0 spiro atoms. The van der Waals surface area contributed by atoms with E-state index in [0.29, 0.717) is 13.0 Å². The van der Waals surface area contributed by atoms with Gasteiger partial charge in [-0.1, -0.05) is 212 Å². The Morgan fingerprint density at radius 2 is 0.583 bits per heavy atom. The third-order valence-electron chi connectivity index (χ3n) is 10.1. The fourth-order valence-electron chi connectivity index (χ4n) is 6.72. The third kappa shape index (κ3) is 43.0. The molecular weight excluding hydrogens is 585 g/mol. The first kappa shape index (κ1) is 47.0. The molecule has 2 heteroatoms. The minimum atomic E-state index is 0.0174. The number of hydrogen-bond acceptors (Lipinski definition) is 2. The Morgan fingerprint density at radius 3 is 0.896 bits per heavy atom. The Kier molecular flexibility index (Phi) is 43.0. The van der Waals surface area contributed by atoms with E-state index >= 15 is 0 Å². The topological polar surface area (TPSA) is 26.3 Å². The molecule has 0 saturated heterocycles. The van der Waals surface area contributed by atoms with Gasteiger partial charge in [0.05, 0.1) is 6.61 Å². The zero-order valence-corrected chi connectivity index (χ0v) is 33.2. The number of carbonyl (C=O) groups excluding carboxylic acids is 1. The fourth-order valence-corrected chi connectivity index (χ4v) is 6.72. The Labute approximate surface area is 303 Å². The van der Waals surface area contributed by atoms with Gasteiger partial charge in [0, 0.05) is 6.42 Å². The minimum absolute atomic E-state index is 0.0174.